The summed E-state index contributed by atoms with van der Waals surface area (Å²) in [5.41, 5.74) is 0.201. The van der Waals surface area contributed by atoms with Crippen molar-refractivity contribution >= 4 is 38.5 Å². The van der Waals surface area contributed by atoms with Crippen molar-refractivity contribution in [2.45, 2.75) is 12.8 Å². The molecule has 0 atom stereocenters. The van der Waals surface area contributed by atoms with E-state index in [2.05, 4.69) is 20.9 Å². The van der Waals surface area contributed by atoms with E-state index >= 15 is 0 Å². The fourth-order valence-electron chi connectivity index (χ4n) is 1.52. The van der Waals surface area contributed by atoms with Crippen molar-refractivity contribution < 1.29 is 19.9 Å². The third kappa shape index (κ3) is 4.99. The van der Waals surface area contributed by atoms with Crippen LogP contribution >= 0.6 is 15.9 Å². The number of nitro groups is 1. The van der Waals surface area contributed by atoms with Crippen molar-refractivity contribution in [1.29, 1.82) is 0 Å². The summed E-state index contributed by atoms with van der Waals surface area (Å²) in [6.45, 7) is 0. The van der Waals surface area contributed by atoms with Crippen LogP contribution in [0.1, 0.15) is 12.8 Å². The number of aliphatic carboxylic acids is 1. The number of phenolic OH excluding ortho intramolecular Hbond substituents is 1. The first kappa shape index (κ1) is 16.8. The van der Waals surface area contributed by atoms with Gasteiger partial charge in [0, 0.05) is 24.0 Å². The SMILES string of the molecule is O=C(O)CCCBr.O=[N+]([O-])c1ccc(O)c2ncccc12. The largest absolute Gasteiger partial charge is 0.506 e. The van der Waals surface area contributed by atoms with Gasteiger partial charge in [0.1, 0.15) is 11.3 Å². The molecule has 0 aliphatic carbocycles. The Hall–Kier alpha value is -2.22. The molecule has 0 aliphatic rings. The zero-order valence-electron chi connectivity index (χ0n) is 10.9. The fourth-order valence-corrected chi connectivity index (χ4v) is 1.80. The molecule has 0 radical (unpaired) electrons. The molecule has 0 spiro atoms. The molecule has 0 unspecified atom stereocenters. The van der Waals surface area contributed by atoms with E-state index in [1.807, 2.05) is 0 Å². The second kappa shape index (κ2) is 8.15. The van der Waals surface area contributed by atoms with Crippen molar-refractivity contribution in [2.75, 3.05) is 5.33 Å². The van der Waals surface area contributed by atoms with E-state index in [-0.39, 0.29) is 23.4 Å². The molecule has 2 rings (SSSR count). The number of aromatic nitrogens is 1. The summed E-state index contributed by atoms with van der Waals surface area (Å²) in [4.78, 5) is 23.7. The Morgan fingerprint density at radius 2 is 2.10 bits per heavy atom. The number of benzene rings is 1. The number of halogens is 1. The molecule has 112 valence electrons. The van der Waals surface area contributed by atoms with Crippen molar-refractivity contribution in [3.63, 3.8) is 0 Å². The van der Waals surface area contributed by atoms with Gasteiger partial charge in [0.05, 0.1) is 10.3 Å². The van der Waals surface area contributed by atoms with E-state index in [4.69, 9.17) is 5.11 Å². The summed E-state index contributed by atoms with van der Waals surface area (Å²) in [7, 11) is 0. The van der Waals surface area contributed by atoms with Crippen molar-refractivity contribution in [1.82, 2.24) is 4.98 Å². The lowest BCUT2D eigenvalue weighted by Crippen LogP contribution is -1.93. The molecule has 1 aromatic carbocycles. The number of carboxylic acids is 1. The first-order valence-corrected chi connectivity index (χ1v) is 7.08. The molecule has 0 fully saturated rings. The lowest BCUT2D eigenvalue weighted by Gasteiger charge is -1.99. The molecule has 1 aromatic heterocycles. The minimum absolute atomic E-state index is 0.0498. The summed E-state index contributed by atoms with van der Waals surface area (Å²) < 4.78 is 0. The highest BCUT2D eigenvalue weighted by molar-refractivity contribution is 9.09. The second-order valence-electron chi connectivity index (χ2n) is 3.95. The molecule has 7 nitrogen and oxygen atoms in total. The van der Waals surface area contributed by atoms with Crippen LogP contribution in [0.2, 0.25) is 0 Å². The Bertz CT molecular complexity index is 647. The van der Waals surface area contributed by atoms with Crippen LogP contribution < -0.4 is 0 Å². The molecule has 0 saturated heterocycles. The van der Waals surface area contributed by atoms with E-state index in [1.54, 1.807) is 12.1 Å². The smallest absolute Gasteiger partial charge is 0.303 e. The van der Waals surface area contributed by atoms with Crippen LogP contribution in [0, 0.1) is 10.1 Å². The zero-order chi connectivity index (χ0) is 15.8. The van der Waals surface area contributed by atoms with Gasteiger partial charge in [0.15, 0.2) is 0 Å². The number of carbonyl (C=O) groups is 1. The number of aromatic hydroxyl groups is 1. The number of nitro benzene ring substituents is 1. The molecule has 8 heteroatoms. The van der Waals surface area contributed by atoms with Crippen LogP contribution in [0.5, 0.6) is 5.75 Å². The number of phenols is 1. The third-order valence-corrected chi connectivity index (χ3v) is 3.01. The van der Waals surface area contributed by atoms with Gasteiger partial charge in [-0.25, -0.2) is 0 Å². The van der Waals surface area contributed by atoms with Crippen LogP contribution in [-0.2, 0) is 4.79 Å². The predicted octanol–water partition coefficient (Wildman–Crippen LogP) is 3.09. The van der Waals surface area contributed by atoms with E-state index < -0.39 is 10.9 Å². The quantitative estimate of drug-likeness (QED) is 0.494. The van der Waals surface area contributed by atoms with Crippen LogP contribution in [0.15, 0.2) is 30.5 Å². The number of non-ortho nitro benzene ring substituents is 1. The standard InChI is InChI=1S/C9H6N2O3.C4H7BrO2/c12-8-4-3-7(11(13)14)6-2-1-5-10-9(6)8;5-3-1-2-4(6)7/h1-5,12H;1-3H2,(H,6,7). The first-order chi connectivity index (χ1) is 9.97. The van der Waals surface area contributed by atoms with Gasteiger partial charge in [-0.15, -0.1) is 0 Å². The third-order valence-electron chi connectivity index (χ3n) is 2.45. The maximum absolute atomic E-state index is 10.6. The molecular weight excluding hydrogens is 344 g/mol. The maximum Gasteiger partial charge on any atom is 0.303 e. The maximum atomic E-state index is 10.6. The predicted molar refractivity (Wildman–Crippen MR) is 80.7 cm³/mol. The van der Waals surface area contributed by atoms with E-state index in [0.717, 1.165) is 11.8 Å². The molecule has 0 saturated carbocycles. The average Bonchev–Trinajstić information content (AvgIpc) is 2.46. The number of hydrogen-bond acceptors (Lipinski definition) is 5. The summed E-state index contributed by atoms with van der Waals surface area (Å²) in [5, 5.41) is 29.2. The van der Waals surface area contributed by atoms with Crippen LogP contribution in [-0.4, -0.2) is 31.4 Å². The lowest BCUT2D eigenvalue weighted by molar-refractivity contribution is -0.383. The Morgan fingerprint density at radius 1 is 1.38 bits per heavy atom. The van der Waals surface area contributed by atoms with Crippen molar-refractivity contribution in [3.05, 3.63) is 40.6 Å². The van der Waals surface area contributed by atoms with Gasteiger partial charge in [-0.1, -0.05) is 15.9 Å². The number of carboxylic acid groups (broad SMARTS) is 1. The molecule has 2 N–H and O–H groups in total. The van der Waals surface area contributed by atoms with Gasteiger partial charge in [-0.05, 0) is 24.6 Å². The highest BCUT2D eigenvalue weighted by Crippen LogP contribution is 2.29. The van der Waals surface area contributed by atoms with Crippen LogP contribution in [0.3, 0.4) is 0 Å². The molecule has 21 heavy (non-hydrogen) atoms. The van der Waals surface area contributed by atoms with E-state index in [9.17, 15) is 20.0 Å². The monoisotopic (exact) mass is 356 g/mol. The summed E-state index contributed by atoms with van der Waals surface area (Å²) in [6, 6.07) is 5.68. The van der Waals surface area contributed by atoms with Crippen molar-refractivity contribution in [2.24, 2.45) is 0 Å². The summed E-state index contributed by atoms with van der Waals surface area (Å²) in [6.07, 6.45) is 2.46. The van der Waals surface area contributed by atoms with E-state index in [0.29, 0.717) is 5.39 Å². The first-order valence-electron chi connectivity index (χ1n) is 5.96. The number of fused-ring (bicyclic) bond motifs is 1. The number of hydrogen-bond donors (Lipinski definition) is 2. The Balaban J connectivity index is 0.000000270. The minimum Gasteiger partial charge on any atom is -0.506 e. The molecule has 0 aliphatic heterocycles. The van der Waals surface area contributed by atoms with Gasteiger partial charge in [-0.2, -0.15) is 0 Å². The number of alkyl halides is 1. The molecule has 0 bridgehead atoms. The number of nitrogens with zero attached hydrogens (tertiary/aromatic N) is 2. The Labute approximate surface area is 128 Å². The van der Waals surface area contributed by atoms with Gasteiger partial charge in [0.25, 0.3) is 5.69 Å². The topological polar surface area (TPSA) is 114 Å². The van der Waals surface area contributed by atoms with E-state index in [1.165, 1.54) is 18.3 Å². The van der Waals surface area contributed by atoms with Crippen LogP contribution in [0.25, 0.3) is 10.9 Å². The normalized spacial score (nSPS) is 9.76. The van der Waals surface area contributed by atoms with Gasteiger partial charge in [-0.3, -0.25) is 19.9 Å². The second-order valence-corrected chi connectivity index (χ2v) is 4.74. The van der Waals surface area contributed by atoms with Gasteiger partial charge >= 0.3 is 5.97 Å². The Kier molecular flexibility index (Phi) is 6.54. The number of rotatable bonds is 4. The molecular formula is C13H13BrN2O5. The zero-order valence-corrected chi connectivity index (χ0v) is 12.5. The Morgan fingerprint density at radius 3 is 2.62 bits per heavy atom. The van der Waals surface area contributed by atoms with Gasteiger partial charge in [0.2, 0.25) is 0 Å². The molecule has 1 heterocycles. The van der Waals surface area contributed by atoms with Gasteiger partial charge < -0.3 is 10.2 Å². The summed E-state index contributed by atoms with van der Waals surface area (Å²) in [5.74, 6) is -0.773. The fraction of sp³-hybridized carbons (Fsp3) is 0.231. The summed E-state index contributed by atoms with van der Waals surface area (Å²) >= 11 is 3.11. The highest BCUT2D eigenvalue weighted by Gasteiger charge is 2.13. The molecule has 0 amide bonds. The van der Waals surface area contributed by atoms with Crippen LogP contribution in [0.4, 0.5) is 5.69 Å². The average molecular weight is 357 g/mol. The van der Waals surface area contributed by atoms with Crippen molar-refractivity contribution in [3.8, 4) is 5.75 Å². The highest BCUT2D eigenvalue weighted by atomic mass is 79.9. The number of pyridine rings is 1. The minimum atomic E-state index is -0.723. The lowest BCUT2D eigenvalue weighted by atomic mass is 10.2. The molecule has 2 aromatic rings.